The Morgan fingerprint density at radius 3 is 2.70 bits per heavy atom. The molecular formula is C5H8N2O3. The molecule has 0 bridgehead atoms. The van der Waals surface area contributed by atoms with Crippen molar-refractivity contribution in [2.45, 2.75) is 6.04 Å². The lowest BCUT2D eigenvalue weighted by atomic mass is 10.3. The van der Waals surface area contributed by atoms with Gasteiger partial charge in [-0.3, -0.25) is 10.1 Å². The molecule has 0 saturated carbocycles. The molecule has 56 valence electrons. The first kappa shape index (κ1) is 7.01. The number of hydrogen-bond donors (Lipinski definition) is 2. The average molecular weight is 144 g/mol. The Morgan fingerprint density at radius 2 is 2.30 bits per heavy atom. The number of carbonyl (C=O) groups is 2. The summed E-state index contributed by atoms with van der Waals surface area (Å²) in [6.07, 6.45) is 0. The fourth-order valence-electron chi connectivity index (χ4n) is 0.743. The molecule has 0 aromatic heterocycles. The predicted molar refractivity (Wildman–Crippen MR) is 32.3 cm³/mol. The fourth-order valence-corrected chi connectivity index (χ4v) is 0.743. The van der Waals surface area contributed by atoms with Gasteiger partial charge in [0.05, 0.1) is 6.61 Å². The molecule has 5 heteroatoms. The van der Waals surface area contributed by atoms with Crippen molar-refractivity contribution < 1.29 is 14.3 Å². The average Bonchev–Trinajstić information content (AvgIpc) is 2.13. The molecule has 1 fully saturated rings. The number of amides is 3. The molecule has 2 N–H and O–H groups in total. The summed E-state index contributed by atoms with van der Waals surface area (Å²) in [7, 11) is 1.47. The molecule has 3 amide bonds. The molecule has 1 heterocycles. The van der Waals surface area contributed by atoms with E-state index in [1.54, 1.807) is 0 Å². The number of nitrogens with one attached hydrogen (secondary N) is 2. The van der Waals surface area contributed by atoms with Gasteiger partial charge in [-0.15, -0.1) is 0 Å². The van der Waals surface area contributed by atoms with Gasteiger partial charge in [-0.25, -0.2) is 4.79 Å². The molecule has 1 aliphatic heterocycles. The summed E-state index contributed by atoms with van der Waals surface area (Å²) in [6.45, 7) is 0.220. The van der Waals surface area contributed by atoms with E-state index in [0.717, 1.165) is 0 Å². The lowest BCUT2D eigenvalue weighted by Crippen LogP contribution is -2.33. The third-order valence-corrected chi connectivity index (χ3v) is 1.19. The molecule has 0 aromatic rings. The quantitative estimate of drug-likeness (QED) is 0.480. The van der Waals surface area contributed by atoms with E-state index in [2.05, 4.69) is 15.4 Å². The van der Waals surface area contributed by atoms with Crippen molar-refractivity contribution in [1.29, 1.82) is 0 Å². The minimum absolute atomic E-state index is 0.220. The number of methoxy groups -OCH3 is 1. The van der Waals surface area contributed by atoms with Gasteiger partial charge in [-0.05, 0) is 0 Å². The second kappa shape index (κ2) is 2.66. The van der Waals surface area contributed by atoms with Gasteiger partial charge in [0.1, 0.15) is 6.04 Å². The van der Waals surface area contributed by atoms with Crippen LogP contribution >= 0.6 is 0 Å². The smallest absolute Gasteiger partial charge is 0.322 e. The lowest BCUT2D eigenvalue weighted by molar-refractivity contribution is -0.121. The van der Waals surface area contributed by atoms with Crippen molar-refractivity contribution in [2.24, 2.45) is 0 Å². The van der Waals surface area contributed by atoms with Gasteiger partial charge in [0.15, 0.2) is 0 Å². The predicted octanol–water partition coefficient (Wildman–Crippen LogP) is -1.16. The zero-order valence-electron chi connectivity index (χ0n) is 5.51. The maximum Gasteiger partial charge on any atom is 0.322 e. The Labute approximate surface area is 57.7 Å². The molecular weight excluding hydrogens is 136 g/mol. The Balaban J connectivity index is 2.46. The van der Waals surface area contributed by atoms with Crippen LogP contribution in [0.5, 0.6) is 0 Å². The first-order valence-electron chi connectivity index (χ1n) is 2.84. The highest BCUT2D eigenvalue weighted by Gasteiger charge is 2.28. The summed E-state index contributed by atoms with van der Waals surface area (Å²) in [4.78, 5) is 21.1. The standard InChI is InChI=1S/C5H8N2O3/c1-10-2-3-4(8)7-5(9)6-3/h3H,2H2,1H3,(H2,6,7,8,9)/t3-/m0/s1. The third-order valence-electron chi connectivity index (χ3n) is 1.19. The van der Waals surface area contributed by atoms with Crippen LogP contribution in [0.2, 0.25) is 0 Å². The molecule has 1 atom stereocenters. The van der Waals surface area contributed by atoms with Gasteiger partial charge in [-0.1, -0.05) is 0 Å². The second-order valence-corrected chi connectivity index (χ2v) is 1.97. The maximum absolute atomic E-state index is 10.7. The number of hydrogen-bond acceptors (Lipinski definition) is 3. The summed E-state index contributed by atoms with van der Waals surface area (Å²) < 4.78 is 4.67. The fraction of sp³-hybridized carbons (Fsp3) is 0.600. The van der Waals surface area contributed by atoms with Crippen LogP contribution < -0.4 is 10.6 Å². The summed E-state index contributed by atoms with van der Waals surface area (Å²) in [5.74, 6) is -0.327. The minimum Gasteiger partial charge on any atom is -0.382 e. The highest BCUT2D eigenvalue weighted by Crippen LogP contribution is 1.91. The van der Waals surface area contributed by atoms with Gasteiger partial charge in [0, 0.05) is 7.11 Å². The van der Waals surface area contributed by atoms with Crippen LogP contribution in [0.25, 0.3) is 0 Å². The zero-order chi connectivity index (χ0) is 7.56. The van der Waals surface area contributed by atoms with E-state index in [1.807, 2.05) is 0 Å². The molecule has 1 aliphatic rings. The van der Waals surface area contributed by atoms with E-state index in [4.69, 9.17) is 0 Å². The molecule has 10 heavy (non-hydrogen) atoms. The highest BCUT2D eigenvalue weighted by atomic mass is 16.5. The van der Waals surface area contributed by atoms with Crippen molar-refractivity contribution >= 4 is 11.9 Å². The number of urea groups is 1. The summed E-state index contributed by atoms with van der Waals surface area (Å²) in [6, 6.07) is -0.968. The van der Waals surface area contributed by atoms with E-state index < -0.39 is 12.1 Å². The van der Waals surface area contributed by atoms with Crippen LogP contribution in [0, 0.1) is 0 Å². The van der Waals surface area contributed by atoms with Crippen LogP contribution in [-0.2, 0) is 9.53 Å². The molecule has 5 nitrogen and oxygen atoms in total. The van der Waals surface area contributed by atoms with Crippen LogP contribution in [-0.4, -0.2) is 31.7 Å². The van der Waals surface area contributed by atoms with E-state index >= 15 is 0 Å². The number of ether oxygens (including phenoxy) is 1. The molecule has 0 aromatic carbocycles. The Hall–Kier alpha value is -1.10. The largest absolute Gasteiger partial charge is 0.382 e. The molecule has 0 aliphatic carbocycles. The van der Waals surface area contributed by atoms with Gasteiger partial charge >= 0.3 is 6.03 Å². The number of imide groups is 1. The SMILES string of the molecule is COC[C@@H]1NC(=O)NC1=O. The van der Waals surface area contributed by atoms with Crippen LogP contribution in [0.1, 0.15) is 0 Å². The van der Waals surface area contributed by atoms with E-state index in [0.29, 0.717) is 0 Å². The normalized spacial score (nSPS) is 24.3. The highest BCUT2D eigenvalue weighted by molar-refractivity contribution is 6.04. The molecule has 0 unspecified atom stereocenters. The second-order valence-electron chi connectivity index (χ2n) is 1.97. The van der Waals surface area contributed by atoms with E-state index in [1.165, 1.54) is 7.11 Å². The first-order valence-corrected chi connectivity index (χ1v) is 2.84. The van der Waals surface area contributed by atoms with Gasteiger partial charge < -0.3 is 10.1 Å². The maximum atomic E-state index is 10.7. The van der Waals surface area contributed by atoms with Gasteiger partial charge in [0.25, 0.3) is 5.91 Å². The van der Waals surface area contributed by atoms with Crippen molar-refractivity contribution in [3.8, 4) is 0 Å². The molecule has 0 radical (unpaired) electrons. The third kappa shape index (κ3) is 1.24. The van der Waals surface area contributed by atoms with E-state index in [9.17, 15) is 9.59 Å². The van der Waals surface area contributed by atoms with Crippen LogP contribution in [0.4, 0.5) is 4.79 Å². The summed E-state index contributed by atoms with van der Waals surface area (Å²) >= 11 is 0. The Morgan fingerprint density at radius 1 is 1.60 bits per heavy atom. The molecule has 1 saturated heterocycles. The summed E-state index contributed by atoms with van der Waals surface area (Å²) in [5.41, 5.74) is 0. The van der Waals surface area contributed by atoms with E-state index in [-0.39, 0.29) is 12.5 Å². The van der Waals surface area contributed by atoms with Gasteiger partial charge in [0.2, 0.25) is 0 Å². The first-order chi connectivity index (χ1) is 4.74. The Bertz CT molecular complexity index is 168. The van der Waals surface area contributed by atoms with Crippen molar-refractivity contribution in [3.63, 3.8) is 0 Å². The minimum atomic E-state index is -0.516. The van der Waals surface area contributed by atoms with Crippen LogP contribution in [0.3, 0.4) is 0 Å². The van der Waals surface area contributed by atoms with Crippen molar-refractivity contribution in [3.05, 3.63) is 0 Å². The van der Waals surface area contributed by atoms with Crippen molar-refractivity contribution in [2.75, 3.05) is 13.7 Å². The Kier molecular flexibility index (Phi) is 1.86. The van der Waals surface area contributed by atoms with Gasteiger partial charge in [-0.2, -0.15) is 0 Å². The number of carbonyl (C=O) groups excluding carboxylic acids is 2. The zero-order valence-corrected chi connectivity index (χ0v) is 5.51. The number of rotatable bonds is 2. The molecule has 1 rings (SSSR count). The summed E-state index contributed by atoms with van der Waals surface area (Å²) in [5, 5.41) is 4.46. The van der Waals surface area contributed by atoms with Crippen molar-refractivity contribution in [1.82, 2.24) is 10.6 Å². The van der Waals surface area contributed by atoms with Crippen LogP contribution in [0.15, 0.2) is 0 Å². The lowest BCUT2D eigenvalue weighted by Gasteiger charge is -2.02. The monoisotopic (exact) mass is 144 g/mol. The topological polar surface area (TPSA) is 67.4 Å². The molecule has 0 spiro atoms.